The van der Waals surface area contributed by atoms with Crippen LogP contribution in [0, 0.1) is 0 Å². The first-order valence-corrected chi connectivity index (χ1v) is 9.99. The van der Waals surface area contributed by atoms with Crippen molar-refractivity contribution in [1.82, 2.24) is 10.3 Å². The Hall–Kier alpha value is -2.92. The quantitative estimate of drug-likeness (QED) is 0.449. The smallest absolute Gasteiger partial charge is 0.309 e. The molecule has 0 saturated carbocycles. The lowest BCUT2D eigenvalue weighted by atomic mass is 10.1. The molecule has 0 fully saturated rings. The van der Waals surface area contributed by atoms with Crippen LogP contribution >= 0.6 is 0 Å². The Bertz CT molecular complexity index is 891. The van der Waals surface area contributed by atoms with E-state index in [1.165, 1.54) is 13.5 Å². The van der Waals surface area contributed by atoms with Crippen molar-refractivity contribution >= 4 is 16.9 Å². The highest BCUT2D eigenvalue weighted by molar-refractivity contribution is 5.84. The molecule has 3 aromatic rings. The normalized spacial score (nSPS) is 10.2. The summed E-state index contributed by atoms with van der Waals surface area (Å²) in [6.07, 6.45) is 3.32. The Morgan fingerprint density at radius 3 is 2.55 bits per heavy atom. The number of para-hydroxylation sites is 1. The van der Waals surface area contributed by atoms with Crippen LogP contribution in [-0.4, -0.2) is 31.2 Å². The number of nitrogens with zero attached hydrogens (tertiary/aromatic N) is 1. The number of aromatic nitrogens is 1. The second-order valence-corrected chi connectivity index (χ2v) is 6.64. The van der Waals surface area contributed by atoms with Gasteiger partial charge in [-0.2, -0.15) is 0 Å². The molecule has 0 bridgehead atoms. The highest BCUT2D eigenvalue weighted by Crippen LogP contribution is 2.22. The van der Waals surface area contributed by atoms with Crippen molar-refractivity contribution in [3.63, 3.8) is 0 Å². The molecule has 0 spiro atoms. The third-order valence-electron chi connectivity index (χ3n) is 4.03. The monoisotopic (exact) mass is 394 g/mol. The Morgan fingerprint density at radius 1 is 1.03 bits per heavy atom. The lowest BCUT2D eigenvalue weighted by molar-refractivity contribution is -0.139. The summed E-state index contributed by atoms with van der Waals surface area (Å²) in [6, 6.07) is 17.8. The van der Waals surface area contributed by atoms with E-state index in [0.717, 1.165) is 27.8 Å². The zero-order valence-corrected chi connectivity index (χ0v) is 17.5. The molecule has 154 valence electrons. The van der Waals surface area contributed by atoms with Crippen LogP contribution in [0.1, 0.15) is 31.4 Å². The zero-order chi connectivity index (χ0) is 20.9. The minimum absolute atomic E-state index is 0.229. The molecule has 1 heterocycles. The van der Waals surface area contributed by atoms with Gasteiger partial charge in [-0.15, -0.1) is 0 Å². The number of fused-ring (bicyclic) bond motifs is 1. The van der Waals surface area contributed by atoms with Crippen LogP contribution in [0.5, 0.6) is 5.75 Å². The average molecular weight is 395 g/mol. The molecule has 5 heteroatoms. The van der Waals surface area contributed by atoms with Crippen LogP contribution in [0.4, 0.5) is 0 Å². The number of methoxy groups -OCH3 is 1. The lowest BCUT2D eigenvalue weighted by Crippen LogP contribution is -2.20. The molecular weight excluding hydrogens is 364 g/mol. The van der Waals surface area contributed by atoms with Crippen LogP contribution < -0.4 is 10.1 Å². The van der Waals surface area contributed by atoms with Crippen LogP contribution in [-0.2, 0) is 22.5 Å². The van der Waals surface area contributed by atoms with Gasteiger partial charge in [0.05, 0.1) is 13.5 Å². The summed E-state index contributed by atoms with van der Waals surface area (Å²) in [5, 5.41) is 4.42. The third kappa shape index (κ3) is 7.54. The Balaban J connectivity index is 0.000000941. The van der Waals surface area contributed by atoms with Gasteiger partial charge in [-0.3, -0.25) is 9.78 Å². The number of esters is 1. The van der Waals surface area contributed by atoms with E-state index in [-0.39, 0.29) is 5.97 Å². The minimum Gasteiger partial charge on any atom is -0.490 e. The molecule has 0 aliphatic rings. The second kappa shape index (κ2) is 12.5. The van der Waals surface area contributed by atoms with E-state index in [0.29, 0.717) is 26.1 Å². The molecule has 1 aromatic heterocycles. The van der Waals surface area contributed by atoms with Crippen molar-refractivity contribution < 1.29 is 14.3 Å². The van der Waals surface area contributed by atoms with Gasteiger partial charge in [0.2, 0.25) is 0 Å². The van der Waals surface area contributed by atoms with Gasteiger partial charge in [0.15, 0.2) is 0 Å². The fourth-order valence-electron chi connectivity index (χ4n) is 2.75. The molecule has 1 N–H and O–H groups in total. The zero-order valence-electron chi connectivity index (χ0n) is 17.5. The van der Waals surface area contributed by atoms with Crippen molar-refractivity contribution in [3.05, 3.63) is 71.9 Å². The van der Waals surface area contributed by atoms with Gasteiger partial charge < -0.3 is 14.8 Å². The number of ether oxygens (including phenoxy) is 2. The maximum Gasteiger partial charge on any atom is 0.309 e. The first-order valence-electron chi connectivity index (χ1n) is 9.99. The predicted molar refractivity (Wildman–Crippen MR) is 117 cm³/mol. The van der Waals surface area contributed by atoms with Gasteiger partial charge in [0.25, 0.3) is 0 Å². The first-order chi connectivity index (χ1) is 14.2. The maximum absolute atomic E-state index is 11.4. The number of hydrogen-bond acceptors (Lipinski definition) is 5. The van der Waals surface area contributed by atoms with E-state index < -0.39 is 0 Å². The van der Waals surface area contributed by atoms with Crippen LogP contribution in [0.25, 0.3) is 10.9 Å². The Labute approximate surface area is 173 Å². The summed E-state index contributed by atoms with van der Waals surface area (Å²) in [4.78, 5) is 15.7. The van der Waals surface area contributed by atoms with Crippen molar-refractivity contribution in [2.75, 3.05) is 20.3 Å². The minimum atomic E-state index is -0.229. The van der Waals surface area contributed by atoms with Crippen LogP contribution in [0.2, 0.25) is 0 Å². The molecule has 0 radical (unpaired) electrons. The summed E-state index contributed by atoms with van der Waals surface area (Å²) < 4.78 is 10.6. The fourth-order valence-corrected chi connectivity index (χ4v) is 2.75. The summed E-state index contributed by atoms with van der Waals surface area (Å²) in [7, 11) is 1.40. The number of rotatable bonds is 8. The molecular formula is C24H30N2O3. The predicted octanol–water partition coefficient (Wildman–Crippen LogP) is 4.54. The molecule has 0 aliphatic heterocycles. The molecule has 0 aliphatic carbocycles. The molecule has 5 nitrogen and oxygen atoms in total. The van der Waals surface area contributed by atoms with Gasteiger partial charge in [-0.1, -0.05) is 62.7 Å². The Morgan fingerprint density at radius 2 is 1.76 bits per heavy atom. The Kier molecular flexibility index (Phi) is 9.66. The average Bonchev–Trinajstić information content (AvgIpc) is 2.74. The highest BCUT2D eigenvalue weighted by atomic mass is 16.5. The number of carbonyl (C=O) groups is 1. The van der Waals surface area contributed by atoms with Crippen LogP contribution in [0.15, 0.2) is 60.8 Å². The molecule has 29 heavy (non-hydrogen) atoms. The van der Waals surface area contributed by atoms with Gasteiger partial charge in [-0.05, 0) is 23.3 Å². The van der Waals surface area contributed by atoms with Gasteiger partial charge in [0, 0.05) is 24.7 Å². The maximum atomic E-state index is 11.4. The summed E-state index contributed by atoms with van der Waals surface area (Å²) in [6.45, 7) is 6.23. The number of carbonyl (C=O) groups excluding carboxylic acids is 1. The lowest BCUT2D eigenvalue weighted by Gasteiger charge is -2.10. The van der Waals surface area contributed by atoms with E-state index in [1.807, 2.05) is 54.6 Å². The number of pyridine rings is 1. The van der Waals surface area contributed by atoms with E-state index in [2.05, 4.69) is 24.1 Å². The number of nitrogens with one attached hydrogen (secondary N) is 1. The fraction of sp³-hybridized carbons (Fsp3) is 0.333. The number of hydrogen-bond donors (Lipinski definition) is 1. The summed E-state index contributed by atoms with van der Waals surface area (Å²) in [5.41, 5.74) is 2.96. The van der Waals surface area contributed by atoms with Gasteiger partial charge in [-0.25, -0.2) is 0 Å². The summed E-state index contributed by atoms with van der Waals surface area (Å²) in [5.74, 6) is 0.567. The molecule has 0 unspecified atom stereocenters. The van der Waals surface area contributed by atoms with Crippen molar-refractivity contribution in [1.29, 1.82) is 0 Å². The van der Waals surface area contributed by atoms with Gasteiger partial charge in [0.1, 0.15) is 17.9 Å². The standard InChI is InChI=1S/C21H22N2O3.C3H8/c1-25-20(24)14-16-5-2-6-17(13-16)15-22-11-12-26-19-9-3-7-18-8-4-10-23-21(18)19;1-3-2/h2-10,13,22H,11-12,14-15H2,1H3;3H2,1-2H3. The molecule has 0 amide bonds. The van der Waals surface area contributed by atoms with Crippen LogP contribution in [0.3, 0.4) is 0 Å². The van der Waals surface area contributed by atoms with E-state index in [1.54, 1.807) is 6.20 Å². The van der Waals surface area contributed by atoms with E-state index in [9.17, 15) is 4.79 Å². The van der Waals surface area contributed by atoms with Crippen molar-refractivity contribution in [3.8, 4) is 5.75 Å². The van der Waals surface area contributed by atoms with E-state index in [4.69, 9.17) is 9.47 Å². The largest absolute Gasteiger partial charge is 0.490 e. The van der Waals surface area contributed by atoms with E-state index >= 15 is 0 Å². The summed E-state index contributed by atoms with van der Waals surface area (Å²) >= 11 is 0. The molecule has 0 saturated heterocycles. The van der Waals surface area contributed by atoms with Crippen molar-refractivity contribution in [2.45, 2.75) is 33.2 Å². The third-order valence-corrected chi connectivity index (χ3v) is 4.03. The topological polar surface area (TPSA) is 60.5 Å². The first kappa shape index (κ1) is 22.4. The second-order valence-electron chi connectivity index (χ2n) is 6.64. The van der Waals surface area contributed by atoms with Crippen molar-refractivity contribution in [2.24, 2.45) is 0 Å². The molecule has 0 atom stereocenters. The van der Waals surface area contributed by atoms with Gasteiger partial charge >= 0.3 is 5.97 Å². The molecule has 3 rings (SSSR count). The SMILES string of the molecule is CCC.COC(=O)Cc1cccc(CNCCOc2cccc3cccnc23)c1. The highest BCUT2D eigenvalue weighted by Gasteiger charge is 2.04. The molecule has 2 aromatic carbocycles. The number of benzene rings is 2.